The maximum atomic E-state index is 10.6. The van der Waals surface area contributed by atoms with Gasteiger partial charge in [0.05, 0.1) is 12.7 Å². The van der Waals surface area contributed by atoms with Crippen molar-refractivity contribution in [3.63, 3.8) is 0 Å². The molecule has 0 radical (unpaired) electrons. The summed E-state index contributed by atoms with van der Waals surface area (Å²) in [5.41, 5.74) is 0.326. The maximum Gasteiger partial charge on any atom is 0.118 e. The Hall–Kier alpha value is -1.06. The highest BCUT2D eigenvalue weighted by molar-refractivity contribution is 5.31. The molecule has 0 spiro atoms. The number of hydrogen-bond acceptors (Lipinski definition) is 3. The van der Waals surface area contributed by atoms with Crippen molar-refractivity contribution < 1.29 is 9.84 Å². The van der Waals surface area contributed by atoms with Crippen molar-refractivity contribution in [1.29, 1.82) is 0 Å². The fourth-order valence-electron chi connectivity index (χ4n) is 2.24. The summed E-state index contributed by atoms with van der Waals surface area (Å²) in [4.78, 5) is 0. The van der Waals surface area contributed by atoms with Crippen LogP contribution >= 0.6 is 0 Å². The number of benzene rings is 1. The van der Waals surface area contributed by atoms with Gasteiger partial charge >= 0.3 is 0 Å². The van der Waals surface area contributed by atoms with Crippen molar-refractivity contribution in [2.45, 2.75) is 24.9 Å². The number of nitrogens with one attached hydrogen (secondary N) is 1. The smallest absolute Gasteiger partial charge is 0.118 e. The van der Waals surface area contributed by atoms with Crippen LogP contribution in [0.1, 0.15) is 24.8 Å². The first-order valence-electron chi connectivity index (χ1n) is 5.82. The molecule has 0 aromatic heterocycles. The molecule has 1 unspecified atom stereocenters. The monoisotopic (exact) mass is 221 g/mol. The van der Waals surface area contributed by atoms with E-state index in [0.717, 1.165) is 43.7 Å². The van der Waals surface area contributed by atoms with Crippen molar-refractivity contribution in [1.82, 2.24) is 5.32 Å². The van der Waals surface area contributed by atoms with Crippen molar-refractivity contribution in [2.75, 3.05) is 20.2 Å². The van der Waals surface area contributed by atoms with Gasteiger partial charge in [-0.1, -0.05) is 12.1 Å². The van der Waals surface area contributed by atoms with Gasteiger partial charge in [0.15, 0.2) is 0 Å². The van der Waals surface area contributed by atoms with Crippen LogP contribution in [0.5, 0.6) is 5.75 Å². The molecule has 2 N–H and O–H groups in total. The fraction of sp³-hybridized carbons (Fsp3) is 0.538. The number of methoxy groups -OCH3 is 1. The zero-order valence-corrected chi connectivity index (χ0v) is 9.70. The Balaban J connectivity index is 2.19. The average molecular weight is 221 g/mol. The van der Waals surface area contributed by atoms with E-state index in [-0.39, 0.29) is 0 Å². The van der Waals surface area contributed by atoms with Crippen LogP contribution in [0.25, 0.3) is 0 Å². The van der Waals surface area contributed by atoms with E-state index in [0.29, 0.717) is 0 Å². The lowest BCUT2D eigenvalue weighted by atomic mass is 9.87. The predicted octanol–water partition coefficient (Wildman–Crippen LogP) is 1.66. The molecule has 2 rings (SSSR count). The molecule has 1 aromatic carbocycles. The molecule has 16 heavy (non-hydrogen) atoms. The molecule has 3 heteroatoms. The highest BCUT2D eigenvalue weighted by Gasteiger charge is 2.29. The van der Waals surface area contributed by atoms with E-state index in [9.17, 15) is 5.11 Å². The van der Waals surface area contributed by atoms with Crippen LogP contribution in [0.4, 0.5) is 0 Å². The minimum Gasteiger partial charge on any atom is -0.497 e. The van der Waals surface area contributed by atoms with E-state index in [4.69, 9.17) is 4.74 Å². The van der Waals surface area contributed by atoms with E-state index >= 15 is 0 Å². The summed E-state index contributed by atoms with van der Waals surface area (Å²) in [5, 5.41) is 13.9. The van der Waals surface area contributed by atoms with Gasteiger partial charge in [0.2, 0.25) is 0 Å². The molecule has 1 atom stereocenters. The molecule has 3 nitrogen and oxygen atoms in total. The van der Waals surface area contributed by atoms with Crippen LogP contribution in [-0.4, -0.2) is 25.3 Å². The zero-order valence-electron chi connectivity index (χ0n) is 9.70. The molecule has 0 saturated carbocycles. The standard InChI is InChI=1S/C13H19NO2/c1-16-12-5-3-11(4-6-12)13(15)7-2-9-14-10-8-13/h3-6,14-15H,2,7-10H2,1H3. The topological polar surface area (TPSA) is 41.5 Å². The van der Waals surface area contributed by atoms with Gasteiger partial charge in [-0.05, 0) is 50.0 Å². The summed E-state index contributed by atoms with van der Waals surface area (Å²) < 4.78 is 5.12. The zero-order chi connectivity index (χ0) is 11.4. The molecule has 0 aliphatic carbocycles. The van der Waals surface area contributed by atoms with Crippen LogP contribution in [0, 0.1) is 0 Å². The molecule has 88 valence electrons. The lowest BCUT2D eigenvalue weighted by Gasteiger charge is -2.27. The normalized spacial score (nSPS) is 26.1. The molecular formula is C13H19NO2. The van der Waals surface area contributed by atoms with Crippen LogP contribution in [0.3, 0.4) is 0 Å². The van der Waals surface area contributed by atoms with Gasteiger partial charge in [0.25, 0.3) is 0 Å². The van der Waals surface area contributed by atoms with E-state index < -0.39 is 5.60 Å². The summed E-state index contributed by atoms with van der Waals surface area (Å²) in [5.74, 6) is 0.832. The molecule has 1 fully saturated rings. The van der Waals surface area contributed by atoms with E-state index in [1.165, 1.54) is 0 Å². The second kappa shape index (κ2) is 4.85. The van der Waals surface area contributed by atoms with E-state index in [1.54, 1.807) is 7.11 Å². The third kappa shape index (κ3) is 2.36. The third-order valence-electron chi connectivity index (χ3n) is 3.29. The first kappa shape index (κ1) is 11.4. The summed E-state index contributed by atoms with van der Waals surface area (Å²) >= 11 is 0. The fourth-order valence-corrected chi connectivity index (χ4v) is 2.24. The van der Waals surface area contributed by atoms with Gasteiger partial charge in [-0.3, -0.25) is 0 Å². The first-order valence-corrected chi connectivity index (χ1v) is 5.82. The SMILES string of the molecule is COc1ccc(C2(O)CCCNCC2)cc1. The molecule has 1 aromatic rings. The highest BCUT2D eigenvalue weighted by atomic mass is 16.5. The van der Waals surface area contributed by atoms with Gasteiger partial charge in [-0.25, -0.2) is 0 Å². The summed E-state index contributed by atoms with van der Waals surface area (Å²) in [6.45, 7) is 1.88. The number of rotatable bonds is 2. The number of ether oxygens (including phenoxy) is 1. The Labute approximate surface area is 96.4 Å². The van der Waals surface area contributed by atoms with Crippen molar-refractivity contribution >= 4 is 0 Å². The van der Waals surface area contributed by atoms with Gasteiger partial charge < -0.3 is 15.2 Å². The third-order valence-corrected chi connectivity index (χ3v) is 3.29. The molecule has 0 amide bonds. The predicted molar refractivity (Wildman–Crippen MR) is 63.6 cm³/mol. The van der Waals surface area contributed by atoms with Crippen LogP contribution in [0.15, 0.2) is 24.3 Å². The van der Waals surface area contributed by atoms with E-state index in [2.05, 4.69) is 5.32 Å². The first-order chi connectivity index (χ1) is 7.74. The largest absolute Gasteiger partial charge is 0.497 e. The lowest BCUT2D eigenvalue weighted by molar-refractivity contribution is 0.0240. The summed E-state index contributed by atoms with van der Waals surface area (Å²) in [6, 6.07) is 7.74. The quantitative estimate of drug-likeness (QED) is 0.798. The maximum absolute atomic E-state index is 10.6. The van der Waals surface area contributed by atoms with Crippen LogP contribution in [-0.2, 0) is 5.60 Å². The second-order valence-corrected chi connectivity index (χ2v) is 4.36. The van der Waals surface area contributed by atoms with Crippen LogP contribution < -0.4 is 10.1 Å². The van der Waals surface area contributed by atoms with Crippen LogP contribution in [0.2, 0.25) is 0 Å². The van der Waals surface area contributed by atoms with Crippen molar-refractivity contribution in [3.8, 4) is 5.75 Å². The van der Waals surface area contributed by atoms with E-state index in [1.807, 2.05) is 24.3 Å². The highest BCUT2D eigenvalue weighted by Crippen LogP contribution is 2.32. The van der Waals surface area contributed by atoms with Crippen molar-refractivity contribution in [2.24, 2.45) is 0 Å². The Bertz CT molecular complexity index is 326. The molecule has 1 aliphatic rings. The Morgan fingerprint density at radius 2 is 1.94 bits per heavy atom. The second-order valence-electron chi connectivity index (χ2n) is 4.36. The Morgan fingerprint density at radius 3 is 2.62 bits per heavy atom. The average Bonchev–Trinajstić information content (AvgIpc) is 2.55. The molecule has 1 aliphatic heterocycles. The number of aliphatic hydroxyl groups is 1. The minimum absolute atomic E-state index is 0.671. The van der Waals surface area contributed by atoms with Gasteiger partial charge in [-0.2, -0.15) is 0 Å². The summed E-state index contributed by atoms with van der Waals surface area (Å²) in [6.07, 6.45) is 2.62. The van der Waals surface area contributed by atoms with Gasteiger partial charge in [0, 0.05) is 0 Å². The number of hydrogen-bond donors (Lipinski definition) is 2. The summed E-state index contributed by atoms with van der Waals surface area (Å²) in [7, 11) is 1.65. The molecule has 1 saturated heterocycles. The van der Waals surface area contributed by atoms with Gasteiger partial charge in [-0.15, -0.1) is 0 Å². The molecule has 0 bridgehead atoms. The Kier molecular flexibility index (Phi) is 3.46. The van der Waals surface area contributed by atoms with Gasteiger partial charge in [0.1, 0.15) is 5.75 Å². The van der Waals surface area contributed by atoms with Crippen molar-refractivity contribution in [3.05, 3.63) is 29.8 Å². The lowest BCUT2D eigenvalue weighted by Crippen LogP contribution is -2.27. The molecule has 1 heterocycles. The molecular weight excluding hydrogens is 202 g/mol. The minimum atomic E-state index is -0.671. The Morgan fingerprint density at radius 1 is 1.19 bits per heavy atom.